The van der Waals surface area contributed by atoms with E-state index in [1.807, 2.05) is 0 Å². The molecular weight excluding hydrogens is 353 g/mol. The molecule has 3 N–H and O–H groups in total. The van der Waals surface area contributed by atoms with Gasteiger partial charge in [0.2, 0.25) is 0 Å². The molecule has 0 bridgehead atoms. The molecule has 0 aromatic heterocycles. The molecule has 3 rings (SSSR count). The van der Waals surface area contributed by atoms with E-state index in [2.05, 4.69) is 0 Å². The van der Waals surface area contributed by atoms with Crippen LogP contribution in [-0.2, 0) is 9.84 Å². The zero-order valence-electron chi connectivity index (χ0n) is 12.7. The maximum atomic E-state index is 13.5. The highest BCUT2D eigenvalue weighted by atomic mass is 35.5. The molecule has 0 amide bonds. The average molecular weight is 370 g/mol. The molecule has 128 valence electrons. The molecular formula is C17H17ClFNO3S. The van der Waals surface area contributed by atoms with Crippen molar-refractivity contribution in [2.24, 2.45) is 11.1 Å². The number of nitrogens with two attached hydrogens (primary N) is 1. The Hall–Kier alpha value is -1.47. The SMILES string of the molecule is NC[C@@]1(CO)[C@H](S(=O)(=O)c2ccc(Cl)cc2)[C@@H]1c1cccc(F)c1. The van der Waals surface area contributed by atoms with Gasteiger partial charge in [0.05, 0.1) is 16.8 Å². The summed E-state index contributed by atoms with van der Waals surface area (Å²) in [6.45, 7) is -0.398. The zero-order chi connectivity index (χ0) is 17.5. The average Bonchev–Trinajstić information content (AvgIpc) is 3.26. The Balaban J connectivity index is 2.06. The van der Waals surface area contributed by atoms with Gasteiger partial charge in [-0.25, -0.2) is 12.8 Å². The van der Waals surface area contributed by atoms with E-state index in [4.69, 9.17) is 17.3 Å². The van der Waals surface area contributed by atoms with E-state index in [9.17, 15) is 17.9 Å². The van der Waals surface area contributed by atoms with Crippen molar-refractivity contribution in [3.63, 3.8) is 0 Å². The van der Waals surface area contributed by atoms with Crippen molar-refractivity contribution in [3.8, 4) is 0 Å². The minimum atomic E-state index is -3.75. The number of aliphatic hydroxyl groups is 1. The smallest absolute Gasteiger partial charge is 0.182 e. The molecule has 2 aromatic rings. The molecule has 0 unspecified atom stereocenters. The molecule has 0 spiro atoms. The molecule has 0 radical (unpaired) electrons. The zero-order valence-corrected chi connectivity index (χ0v) is 14.3. The van der Waals surface area contributed by atoms with Crippen LogP contribution >= 0.6 is 11.6 Å². The van der Waals surface area contributed by atoms with Crippen LogP contribution in [0.25, 0.3) is 0 Å². The van der Waals surface area contributed by atoms with Gasteiger partial charge in [0.25, 0.3) is 0 Å². The minimum Gasteiger partial charge on any atom is -0.396 e. The number of rotatable bonds is 5. The van der Waals surface area contributed by atoms with Crippen molar-refractivity contribution < 1.29 is 17.9 Å². The Morgan fingerprint density at radius 3 is 2.42 bits per heavy atom. The maximum absolute atomic E-state index is 13.5. The van der Waals surface area contributed by atoms with E-state index in [0.717, 1.165) is 0 Å². The molecule has 1 aliphatic rings. The summed E-state index contributed by atoms with van der Waals surface area (Å²) in [5.41, 5.74) is 5.31. The molecule has 1 fully saturated rings. The number of benzene rings is 2. The Morgan fingerprint density at radius 1 is 1.21 bits per heavy atom. The van der Waals surface area contributed by atoms with Gasteiger partial charge in [-0.15, -0.1) is 0 Å². The van der Waals surface area contributed by atoms with E-state index in [0.29, 0.717) is 10.6 Å². The molecule has 2 aromatic carbocycles. The van der Waals surface area contributed by atoms with E-state index >= 15 is 0 Å². The van der Waals surface area contributed by atoms with Gasteiger partial charge in [0.15, 0.2) is 9.84 Å². The van der Waals surface area contributed by atoms with Gasteiger partial charge in [-0.3, -0.25) is 0 Å². The second-order valence-corrected chi connectivity index (χ2v) is 8.55. The van der Waals surface area contributed by atoms with Crippen LogP contribution in [-0.4, -0.2) is 31.9 Å². The predicted octanol–water partition coefficient (Wildman–Crippen LogP) is 2.36. The lowest BCUT2D eigenvalue weighted by Gasteiger charge is -2.12. The van der Waals surface area contributed by atoms with Gasteiger partial charge in [0.1, 0.15) is 5.82 Å². The van der Waals surface area contributed by atoms with Crippen LogP contribution in [0.4, 0.5) is 4.39 Å². The van der Waals surface area contributed by atoms with Crippen molar-refractivity contribution in [3.05, 3.63) is 64.9 Å². The Labute approximate surface area is 145 Å². The normalized spacial score (nSPS) is 26.3. The first kappa shape index (κ1) is 17.4. The Morgan fingerprint density at radius 2 is 1.88 bits per heavy atom. The van der Waals surface area contributed by atoms with Crippen molar-refractivity contribution in [2.45, 2.75) is 16.1 Å². The molecule has 24 heavy (non-hydrogen) atoms. The highest BCUT2D eigenvalue weighted by molar-refractivity contribution is 7.92. The lowest BCUT2D eigenvalue weighted by Crippen LogP contribution is -2.27. The fourth-order valence-corrected chi connectivity index (χ4v) is 5.99. The highest BCUT2D eigenvalue weighted by Crippen LogP contribution is 2.63. The second-order valence-electron chi connectivity index (χ2n) is 6.05. The summed E-state index contributed by atoms with van der Waals surface area (Å²) in [6, 6.07) is 11.6. The summed E-state index contributed by atoms with van der Waals surface area (Å²) in [7, 11) is -3.75. The molecule has 1 saturated carbocycles. The topological polar surface area (TPSA) is 80.4 Å². The van der Waals surface area contributed by atoms with Crippen LogP contribution in [0.3, 0.4) is 0 Å². The lowest BCUT2D eigenvalue weighted by molar-refractivity contribution is 0.212. The third-order valence-electron chi connectivity index (χ3n) is 4.74. The second kappa shape index (κ2) is 6.11. The molecule has 3 atom stereocenters. The lowest BCUT2D eigenvalue weighted by atomic mass is 10.00. The molecule has 7 heteroatoms. The summed E-state index contributed by atoms with van der Waals surface area (Å²) < 4.78 is 39.6. The molecule has 0 aliphatic heterocycles. The van der Waals surface area contributed by atoms with Crippen LogP contribution in [0.5, 0.6) is 0 Å². The van der Waals surface area contributed by atoms with Gasteiger partial charge in [0, 0.05) is 22.9 Å². The Kier molecular flexibility index (Phi) is 4.42. The van der Waals surface area contributed by atoms with E-state index in [1.165, 1.54) is 42.5 Å². The highest BCUT2D eigenvalue weighted by Gasteiger charge is 2.70. The van der Waals surface area contributed by atoms with Crippen molar-refractivity contribution in [1.82, 2.24) is 0 Å². The number of aliphatic hydroxyl groups excluding tert-OH is 1. The van der Waals surface area contributed by atoms with E-state index in [1.54, 1.807) is 6.07 Å². The summed E-state index contributed by atoms with van der Waals surface area (Å²) in [4.78, 5) is 0.113. The summed E-state index contributed by atoms with van der Waals surface area (Å²) in [6.07, 6.45) is 0. The number of sulfone groups is 1. The van der Waals surface area contributed by atoms with Crippen LogP contribution in [0.1, 0.15) is 11.5 Å². The summed E-state index contributed by atoms with van der Waals surface area (Å²) >= 11 is 5.81. The number of halogens is 2. The van der Waals surface area contributed by atoms with Crippen LogP contribution in [0.2, 0.25) is 5.02 Å². The molecule has 4 nitrogen and oxygen atoms in total. The standard InChI is InChI=1S/C17H17ClFNO3S/c18-12-4-6-14(7-5-12)24(22,23)16-15(17(16,9-20)10-21)11-2-1-3-13(19)8-11/h1-8,15-16,21H,9-10,20H2/t15-,16+,17-/m0/s1. The summed E-state index contributed by atoms with van der Waals surface area (Å²) in [5, 5.41) is 9.35. The van der Waals surface area contributed by atoms with Gasteiger partial charge in [-0.2, -0.15) is 0 Å². The first-order valence-corrected chi connectivity index (χ1v) is 9.35. The fraction of sp³-hybridized carbons (Fsp3) is 0.294. The van der Waals surface area contributed by atoms with Gasteiger partial charge < -0.3 is 10.8 Å². The summed E-state index contributed by atoms with van der Waals surface area (Å²) in [5.74, 6) is -1.00. The van der Waals surface area contributed by atoms with Crippen molar-refractivity contribution in [2.75, 3.05) is 13.2 Å². The van der Waals surface area contributed by atoms with E-state index < -0.39 is 32.2 Å². The molecule has 0 heterocycles. The third kappa shape index (κ3) is 2.63. The largest absolute Gasteiger partial charge is 0.396 e. The first-order chi connectivity index (χ1) is 11.4. The van der Waals surface area contributed by atoms with Gasteiger partial charge in [-0.1, -0.05) is 23.7 Å². The van der Waals surface area contributed by atoms with E-state index in [-0.39, 0.29) is 18.0 Å². The van der Waals surface area contributed by atoms with Crippen LogP contribution in [0.15, 0.2) is 53.4 Å². The van der Waals surface area contributed by atoms with Crippen molar-refractivity contribution >= 4 is 21.4 Å². The maximum Gasteiger partial charge on any atom is 0.182 e. The first-order valence-electron chi connectivity index (χ1n) is 7.42. The number of hydrogen-bond acceptors (Lipinski definition) is 4. The van der Waals surface area contributed by atoms with Crippen LogP contribution in [0, 0.1) is 11.2 Å². The number of hydrogen-bond donors (Lipinski definition) is 2. The molecule has 0 saturated heterocycles. The van der Waals surface area contributed by atoms with Gasteiger partial charge >= 0.3 is 0 Å². The third-order valence-corrected chi connectivity index (χ3v) is 7.33. The molecule has 1 aliphatic carbocycles. The van der Waals surface area contributed by atoms with Gasteiger partial charge in [-0.05, 0) is 42.0 Å². The van der Waals surface area contributed by atoms with Crippen LogP contribution < -0.4 is 5.73 Å². The quantitative estimate of drug-likeness (QED) is 0.847. The predicted molar refractivity (Wildman–Crippen MR) is 90.1 cm³/mol. The fourth-order valence-electron chi connectivity index (χ4n) is 3.42. The monoisotopic (exact) mass is 369 g/mol. The Bertz CT molecular complexity index is 850. The van der Waals surface area contributed by atoms with Crippen molar-refractivity contribution in [1.29, 1.82) is 0 Å². The minimum absolute atomic E-state index is 0.0117.